The topological polar surface area (TPSA) is 41.2 Å². The van der Waals surface area contributed by atoms with Crippen LogP contribution in [0.3, 0.4) is 0 Å². The van der Waals surface area contributed by atoms with Gasteiger partial charge in [-0.1, -0.05) is 26.0 Å². The average Bonchev–Trinajstić information content (AvgIpc) is 2.56. The molecule has 1 amide bonds. The molecule has 2 rings (SSSR count). The second-order valence-corrected chi connectivity index (χ2v) is 8.06. The number of hydrogen-bond acceptors (Lipinski definition) is 2. The van der Waals surface area contributed by atoms with Gasteiger partial charge in [0.15, 0.2) is 0 Å². The summed E-state index contributed by atoms with van der Waals surface area (Å²) < 4.78 is 0. The Balaban J connectivity index is 2.09. The first-order chi connectivity index (χ1) is 11.9. The Labute approximate surface area is 153 Å². The largest absolute Gasteiger partial charge is 0.378 e. The van der Waals surface area contributed by atoms with Crippen LogP contribution in [0.2, 0.25) is 0 Å². The van der Waals surface area contributed by atoms with Gasteiger partial charge in [0.25, 0.3) is 0 Å². The highest BCUT2D eigenvalue weighted by Crippen LogP contribution is 2.16. The highest BCUT2D eigenvalue weighted by atomic mass is 16.1. The number of nitrogens with zero attached hydrogens (tertiary/aromatic N) is 1. The maximum absolute atomic E-state index is 12.1. The summed E-state index contributed by atoms with van der Waals surface area (Å²) in [5.41, 5.74) is 2.54. The zero-order valence-corrected chi connectivity index (χ0v) is 16.6. The molecule has 5 heteroatoms. The Bertz CT molecular complexity index is 533. The summed E-state index contributed by atoms with van der Waals surface area (Å²) in [6.45, 7) is 9.61. The van der Waals surface area contributed by atoms with Crippen molar-refractivity contribution in [2.45, 2.75) is 26.3 Å². The third-order valence-corrected chi connectivity index (χ3v) is 5.15. The fourth-order valence-corrected chi connectivity index (χ4v) is 3.51. The normalized spacial score (nSPS) is 21.8. The molecular formula is C20H36N4O+2. The summed E-state index contributed by atoms with van der Waals surface area (Å²) in [6.07, 6.45) is 0.606. The number of benzene rings is 1. The monoisotopic (exact) mass is 348 g/mol. The zero-order valence-electron chi connectivity index (χ0n) is 16.6. The molecule has 0 aliphatic carbocycles. The van der Waals surface area contributed by atoms with Crippen LogP contribution < -0.4 is 20.0 Å². The maximum Gasteiger partial charge on any atom is 0.220 e. The quantitative estimate of drug-likeness (QED) is 0.614. The van der Waals surface area contributed by atoms with Gasteiger partial charge in [-0.2, -0.15) is 0 Å². The van der Waals surface area contributed by atoms with Crippen molar-refractivity contribution < 1.29 is 14.6 Å². The van der Waals surface area contributed by atoms with Crippen LogP contribution in [0.15, 0.2) is 24.3 Å². The highest BCUT2D eigenvalue weighted by molar-refractivity contribution is 5.76. The number of quaternary nitrogens is 2. The number of carbonyl (C=O) groups is 1. The van der Waals surface area contributed by atoms with Gasteiger partial charge >= 0.3 is 0 Å². The summed E-state index contributed by atoms with van der Waals surface area (Å²) in [7, 11) is 6.39. The van der Waals surface area contributed by atoms with E-state index in [1.165, 1.54) is 24.3 Å². The van der Waals surface area contributed by atoms with Gasteiger partial charge in [-0.3, -0.25) is 4.79 Å². The molecule has 0 spiro atoms. The second kappa shape index (κ2) is 9.20. The van der Waals surface area contributed by atoms with Gasteiger partial charge in [0.05, 0.1) is 13.6 Å². The minimum Gasteiger partial charge on any atom is -0.378 e. The van der Waals surface area contributed by atoms with E-state index in [0.717, 1.165) is 19.6 Å². The van der Waals surface area contributed by atoms with Crippen molar-refractivity contribution in [2.24, 2.45) is 5.92 Å². The second-order valence-electron chi connectivity index (χ2n) is 8.06. The maximum atomic E-state index is 12.1. The SMILES string of the molecule is CC(C)CC(=O)NC[C@@H](c1ccc(N(C)C)cc1)[NH+]1CC[NH+](C)CC1. The van der Waals surface area contributed by atoms with Crippen molar-refractivity contribution in [3.05, 3.63) is 29.8 Å². The molecule has 3 N–H and O–H groups in total. The van der Waals surface area contributed by atoms with Gasteiger partial charge in [-0.05, 0) is 18.1 Å². The molecule has 1 fully saturated rings. The molecule has 140 valence electrons. The molecular weight excluding hydrogens is 312 g/mol. The molecule has 0 saturated carbocycles. The summed E-state index contributed by atoms with van der Waals surface area (Å²) >= 11 is 0. The number of piperazine rings is 1. The van der Waals surface area contributed by atoms with Crippen molar-refractivity contribution in [2.75, 3.05) is 58.8 Å². The number of likely N-dealkylation sites (N-methyl/N-ethyl adjacent to an activating group) is 1. The van der Waals surface area contributed by atoms with E-state index >= 15 is 0 Å². The number of carbonyl (C=O) groups excluding carboxylic acids is 1. The molecule has 1 saturated heterocycles. The lowest BCUT2D eigenvalue weighted by molar-refractivity contribution is -1.02. The molecule has 1 aromatic carbocycles. The Morgan fingerprint density at radius 1 is 1.12 bits per heavy atom. The number of rotatable bonds is 7. The first-order valence-electron chi connectivity index (χ1n) is 9.56. The van der Waals surface area contributed by atoms with Crippen LogP contribution in [0.5, 0.6) is 0 Å². The molecule has 1 aliphatic heterocycles. The minimum atomic E-state index is 0.170. The first-order valence-corrected chi connectivity index (χ1v) is 9.56. The van der Waals surface area contributed by atoms with E-state index in [-0.39, 0.29) is 5.91 Å². The molecule has 0 radical (unpaired) electrons. The first kappa shape index (κ1) is 19.7. The van der Waals surface area contributed by atoms with Gasteiger partial charge in [0.2, 0.25) is 5.91 Å². The Morgan fingerprint density at radius 2 is 1.72 bits per heavy atom. The van der Waals surface area contributed by atoms with Crippen molar-refractivity contribution >= 4 is 11.6 Å². The van der Waals surface area contributed by atoms with E-state index < -0.39 is 0 Å². The van der Waals surface area contributed by atoms with Crippen molar-refractivity contribution in [3.8, 4) is 0 Å². The predicted molar refractivity (Wildman–Crippen MR) is 103 cm³/mol. The third kappa shape index (κ3) is 6.01. The molecule has 1 aromatic rings. The molecule has 1 aliphatic rings. The average molecular weight is 349 g/mol. The molecule has 1 heterocycles. The highest BCUT2D eigenvalue weighted by Gasteiger charge is 2.29. The number of nitrogens with one attached hydrogen (secondary N) is 3. The lowest BCUT2D eigenvalue weighted by Crippen LogP contribution is -3.27. The van der Waals surface area contributed by atoms with Crippen LogP contribution in [-0.2, 0) is 4.79 Å². The minimum absolute atomic E-state index is 0.170. The molecule has 0 bridgehead atoms. The van der Waals surface area contributed by atoms with Crippen LogP contribution in [0.25, 0.3) is 0 Å². The van der Waals surface area contributed by atoms with Gasteiger partial charge < -0.3 is 20.0 Å². The summed E-state index contributed by atoms with van der Waals surface area (Å²) in [4.78, 5) is 17.5. The van der Waals surface area contributed by atoms with Crippen LogP contribution in [0.1, 0.15) is 31.9 Å². The molecule has 25 heavy (non-hydrogen) atoms. The lowest BCUT2D eigenvalue weighted by Gasteiger charge is -2.34. The fraction of sp³-hybridized carbons (Fsp3) is 0.650. The van der Waals surface area contributed by atoms with Gasteiger partial charge in [0, 0.05) is 31.8 Å². The number of hydrogen-bond donors (Lipinski definition) is 3. The van der Waals surface area contributed by atoms with Crippen LogP contribution in [0, 0.1) is 5.92 Å². The van der Waals surface area contributed by atoms with E-state index in [9.17, 15) is 4.79 Å². The predicted octanol–water partition coefficient (Wildman–Crippen LogP) is -0.631. The van der Waals surface area contributed by atoms with Gasteiger partial charge in [-0.25, -0.2) is 0 Å². The van der Waals surface area contributed by atoms with E-state index in [1.54, 1.807) is 9.80 Å². The van der Waals surface area contributed by atoms with Crippen LogP contribution in [0.4, 0.5) is 5.69 Å². The smallest absolute Gasteiger partial charge is 0.220 e. The van der Waals surface area contributed by atoms with E-state index in [4.69, 9.17) is 0 Å². The Kier molecular flexibility index (Phi) is 7.26. The number of anilines is 1. The molecule has 1 atom stereocenters. The van der Waals surface area contributed by atoms with E-state index in [1.807, 2.05) is 0 Å². The fourth-order valence-electron chi connectivity index (χ4n) is 3.51. The van der Waals surface area contributed by atoms with Crippen molar-refractivity contribution in [3.63, 3.8) is 0 Å². The summed E-state index contributed by atoms with van der Waals surface area (Å²) in [6, 6.07) is 9.15. The summed E-state index contributed by atoms with van der Waals surface area (Å²) in [5.74, 6) is 0.571. The standard InChI is InChI=1S/C20H34N4O/c1-16(2)14-20(25)21-15-19(24-12-10-23(5)11-13-24)17-6-8-18(9-7-17)22(3)4/h6-9,16,19H,10-15H2,1-5H3,(H,21,25)/p+2/t19-/m0/s1. The Morgan fingerprint density at radius 3 is 2.24 bits per heavy atom. The number of amides is 1. The van der Waals surface area contributed by atoms with Crippen molar-refractivity contribution in [1.82, 2.24) is 5.32 Å². The van der Waals surface area contributed by atoms with Gasteiger partial charge in [-0.15, -0.1) is 0 Å². The Hall–Kier alpha value is -1.59. The lowest BCUT2D eigenvalue weighted by atomic mass is 10.0. The summed E-state index contributed by atoms with van der Waals surface area (Å²) in [5, 5.41) is 3.18. The van der Waals surface area contributed by atoms with E-state index in [0.29, 0.717) is 18.4 Å². The van der Waals surface area contributed by atoms with Crippen LogP contribution >= 0.6 is 0 Å². The van der Waals surface area contributed by atoms with Gasteiger partial charge in [0.1, 0.15) is 32.2 Å². The van der Waals surface area contributed by atoms with E-state index in [2.05, 4.69) is 69.5 Å². The van der Waals surface area contributed by atoms with Crippen LogP contribution in [-0.4, -0.2) is 59.8 Å². The zero-order chi connectivity index (χ0) is 18.4. The molecule has 0 aromatic heterocycles. The third-order valence-electron chi connectivity index (χ3n) is 5.15. The molecule has 5 nitrogen and oxygen atoms in total. The molecule has 0 unspecified atom stereocenters. The van der Waals surface area contributed by atoms with Crippen molar-refractivity contribution in [1.29, 1.82) is 0 Å².